The lowest BCUT2D eigenvalue weighted by atomic mass is 10.1. The van der Waals surface area contributed by atoms with Gasteiger partial charge in [-0.05, 0) is 42.6 Å². The van der Waals surface area contributed by atoms with E-state index in [9.17, 15) is 4.79 Å². The lowest BCUT2D eigenvalue weighted by molar-refractivity contribution is -0.697. The zero-order valence-electron chi connectivity index (χ0n) is 14.9. The maximum Gasteiger partial charge on any atom is 0.221 e. The Morgan fingerprint density at radius 2 is 1.56 bits per heavy atom. The summed E-state index contributed by atoms with van der Waals surface area (Å²) in [6, 6.07) is 12.1. The molecule has 132 valence electrons. The van der Waals surface area contributed by atoms with Gasteiger partial charge in [0.2, 0.25) is 5.91 Å². The molecule has 0 atom stereocenters. The highest BCUT2D eigenvalue weighted by Gasteiger charge is 2.00. The first-order chi connectivity index (χ1) is 12.2. The molecule has 2 rings (SSSR count). The number of benzene rings is 1. The molecule has 1 aromatic heterocycles. The molecule has 0 radical (unpaired) electrons. The van der Waals surface area contributed by atoms with Crippen molar-refractivity contribution in [1.82, 2.24) is 0 Å². The Hall–Kier alpha value is -2.46. The smallest absolute Gasteiger partial charge is 0.221 e. The molecule has 4 heteroatoms. The molecule has 0 saturated heterocycles. The summed E-state index contributed by atoms with van der Waals surface area (Å²) in [6.45, 7) is 3.36. The fourth-order valence-electron chi connectivity index (χ4n) is 2.59. The summed E-state index contributed by atoms with van der Waals surface area (Å²) < 4.78 is 2.22. The van der Waals surface area contributed by atoms with E-state index in [1.807, 2.05) is 24.3 Å². The summed E-state index contributed by atoms with van der Waals surface area (Å²) >= 11 is 0. The van der Waals surface area contributed by atoms with Gasteiger partial charge in [0, 0.05) is 31.2 Å². The average Bonchev–Trinajstić information content (AvgIpc) is 2.61. The summed E-state index contributed by atoms with van der Waals surface area (Å²) in [5, 5.41) is 2.77. The van der Waals surface area contributed by atoms with Crippen LogP contribution in [0.15, 0.2) is 48.8 Å². The van der Waals surface area contributed by atoms with E-state index < -0.39 is 0 Å². The largest absolute Gasteiger partial charge is 0.330 e. The van der Waals surface area contributed by atoms with Crippen molar-refractivity contribution >= 4 is 23.7 Å². The van der Waals surface area contributed by atoms with E-state index in [0.29, 0.717) is 0 Å². The van der Waals surface area contributed by atoms with Crippen molar-refractivity contribution in [3.63, 3.8) is 0 Å². The summed E-state index contributed by atoms with van der Waals surface area (Å²) in [5.41, 5.74) is 8.60. The van der Waals surface area contributed by atoms with Crippen LogP contribution in [-0.4, -0.2) is 12.5 Å². The van der Waals surface area contributed by atoms with Crippen LogP contribution < -0.4 is 15.6 Å². The Labute approximate surface area is 150 Å². The highest BCUT2D eigenvalue weighted by atomic mass is 16.1. The first-order valence-corrected chi connectivity index (χ1v) is 8.92. The van der Waals surface area contributed by atoms with Crippen LogP contribution in [0.4, 0.5) is 5.69 Å². The number of nitrogens with one attached hydrogen (secondary N) is 1. The maximum atomic E-state index is 11.0. The van der Waals surface area contributed by atoms with Crippen LogP contribution in [0.5, 0.6) is 0 Å². The van der Waals surface area contributed by atoms with E-state index in [0.717, 1.165) is 30.8 Å². The monoisotopic (exact) mass is 338 g/mol. The summed E-state index contributed by atoms with van der Waals surface area (Å²) in [4.78, 5) is 11.0. The third-order valence-electron chi connectivity index (χ3n) is 3.99. The average molecular weight is 338 g/mol. The number of nitrogens with two attached hydrogens (primary N) is 1. The van der Waals surface area contributed by atoms with Gasteiger partial charge in [0.15, 0.2) is 12.4 Å². The zero-order chi connectivity index (χ0) is 17.9. The van der Waals surface area contributed by atoms with Crippen molar-refractivity contribution < 1.29 is 9.36 Å². The van der Waals surface area contributed by atoms with Crippen molar-refractivity contribution in [2.24, 2.45) is 5.73 Å². The van der Waals surface area contributed by atoms with Crippen LogP contribution >= 0.6 is 0 Å². The molecule has 0 fully saturated rings. The lowest BCUT2D eigenvalue weighted by Gasteiger charge is -2.01. The number of nitrogens with zero attached hydrogens (tertiary/aromatic N) is 1. The minimum Gasteiger partial charge on any atom is -0.330 e. The molecule has 4 nitrogen and oxygen atoms in total. The number of carbonyl (C=O) groups excluding carboxylic acids is 1. The number of anilines is 1. The number of unbranched alkanes of at least 4 members (excludes halogenated alkanes) is 3. The molecule has 1 aromatic carbocycles. The van der Waals surface area contributed by atoms with E-state index in [2.05, 4.69) is 46.6 Å². The van der Waals surface area contributed by atoms with Crippen molar-refractivity contribution in [3.05, 3.63) is 59.9 Å². The van der Waals surface area contributed by atoms with E-state index in [1.165, 1.54) is 31.7 Å². The van der Waals surface area contributed by atoms with E-state index in [4.69, 9.17) is 5.73 Å². The van der Waals surface area contributed by atoms with Crippen LogP contribution in [-0.2, 0) is 11.3 Å². The quantitative estimate of drug-likeness (QED) is 0.542. The Balaban J connectivity index is 1.83. The first-order valence-electron chi connectivity index (χ1n) is 8.92. The predicted molar refractivity (Wildman–Crippen MR) is 104 cm³/mol. The van der Waals surface area contributed by atoms with Gasteiger partial charge in [0.25, 0.3) is 0 Å². The van der Waals surface area contributed by atoms with Gasteiger partial charge in [-0.3, -0.25) is 4.79 Å². The van der Waals surface area contributed by atoms with Gasteiger partial charge in [-0.1, -0.05) is 30.7 Å². The molecule has 3 N–H and O–H groups in total. The number of amides is 1. The normalized spacial score (nSPS) is 11.0. The minimum absolute atomic E-state index is 0.0553. The highest BCUT2D eigenvalue weighted by molar-refractivity contribution is 5.88. The standard InChI is InChI=1S/C21H27N3O/c1-18(25)23-21-10-8-19(9-11-21)6-7-20-12-16-24(17-13-20)15-5-3-2-4-14-22/h6-13,16-17H,2-5,14-15,22H2,1H3/p+1. The highest BCUT2D eigenvalue weighted by Crippen LogP contribution is 2.12. The third kappa shape index (κ3) is 7.31. The second-order valence-electron chi connectivity index (χ2n) is 6.21. The molecule has 0 saturated carbocycles. The van der Waals surface area contributed by atoms with Gasteiger partial charge in [-0.15, -0.1) is 0 Å². The van der Waals surface area contributed by atoms with Gasteiger partial charge >= 0.3 is 0 Å². The molecule has 2 aromatic rings. The van der Waals surface area contributed by atoms with Crippen molar-refractivity contribution in [2.75, 3.05) is 11.9 Å². The molecule has 0 bridgehead atoms. The molecule has 0 unspecified atom stereocenters. The van der Waals surface area contributed by atoms with Crippen LogP contribution in [0.1, 0.15) is 43.7 Å². The fraction of sp³-hybridized carbons (Fsp3) is 0.333. The summed E-state index contributed by atoms with van der Waals surface area (Å²) in [5.74, 6) is -0.0553. The van der Waals surface area contributed by atoms with E-state index in [1.54, 1.807) is 0 Å². The molecule has 0 spiro atoms. The molecule has 1 heterocycles. The Morgan fingerprint density at radius 3 is 2.16 bits per heavy atom. The SMILES string of the molecule is CC(=O)Nc1ccc(/C=C/c2cc[n+](CCCCCCN)cc2)cc1. The van der Waals surface area contributed by atoms with Gasteiger partial charge in [0.1, 0.15) is 6.54 Å². The number of aromatic nitrogens is 1. The molecule has 0 aliphatic carbocycles. The van der Waals surface area contributed by atoms with E-state index in [-0.39, 0.29) is 5.91 Å². The molecule has 25 heavy (non-hydrogen) atoms. The van der Waals surface area contributed by atoms with Gasteiger partial charge < -0.3 is 11.1 Å². The number of pyridine rings is 1. The van der Waals surface area contributed by atoms with Crippen LogP contribution in [0.25, 0.3) is 12.2 Å². The van der Waals surface area contributed by atoms with Crippen molar-refractivity contribution in [1.29, 1.82) is 0 Å². The second-order valence-corrected chi connectivity index (χ2v) is 6.21. The molecule has 1 amide bonds. The van der Waals surface area contributed by atoms with Gasteiger partial charge in [-0.25, -0.2) is 4.57 Å². The molecule has 0 aliphatic rings. The summed E-state index contributed by atoms with van der Waals surface area (Å²) in [6.07, 6.45) is 13.2. The van der Waals surface area contributed by atoms with Crippen LogP contribution in [0, 0.1) is 0 Å². The van der Waals surface area contributed by atoms with Crippen LogP contribution in [0.3, 0.4) is 0 Å². The first kappa shape index (κ1) is 18.9. The van der Waals surface area contributed by atoms with Crippen LogP contribution in [0.2, 0.25) is 0 Å². The van der Waals surface area contributed by atoms with Crippen molar-refractivity contribution in [2.45, 2.75) is 39.2 Å². The second kappa shape index (κ2) is 10.4. The summed E-state index contributed by atoms with van der Waals surface area (Å²) in [7, 11) is 0. The maximum absolute atomic E-state index is 11.0. The van der Waals surface area contributed by atoms with E-state index >= 15 is 0 Å². The topological polar surface area (TPSA) is 59.0 Å². The number of rotatable bonds is 9. The zero-order valence-corrected chi connectivity index (χ0v) is 14.9. The Bertz CT molecular complexity index is 675. The van der Waals surface area contributed by atoms with Crippen molar-refractivity contribution in [3.8, 4) is 0 Å². The predicted octanol–water partition coefficient (Wildman–Crippen LogP) is 3.62. The Kier molecular flexibility index (Phi) is 7.86. The number of hydrogen-bond donors (Lipinski definition) is 2. The molecular weight excluding hydrogens is 310 g/mol. The van der Waals surface area contributed by atoms with Gasteiger partial charge in [-0.2, -0.15) is 0 Å². The third-order valence-corrected chi connectivity index (χ3v) is 3.99. The molecular formula is C21H28N3O+. The molecule has 0 aliphatic heterocycles. The number of carbonyl (C=O) groups is 1. The fourth-order valence-corrected chi connectivity index (χ4v) is 2.59. The number of aryl methyl sites for hydroxylation is 1. The van der Waals surface area contributed by atoms with Gasteiger partial charge in [0.05, 0.1) is 0 Å². The number of hydrogen-bond acceptors (Lipinski definition) is 2. The minimum atomic E-state index is -0.0553. The Morgan fingerprint density at radius 1 is 0.960 bits per heavy atom. The lowest BCUT2D eigenvalue weighted by Crippen LogP contribution is -2.32.